The lowest BCUT2D eigenvalue weighted by Gasteiger charge is -2.22. The van der Waals surface area contributed by atoms with Crippen LogP contribution in [0.1, 0.15) is 28.8 Å². The van der Waals surface area contributed by atoms with Crippen molar-refractivity contribution in [1.29, 1.82) is 0 Å². The Hall–Kier alpha value is -3.22. The fourth-order valence-corrected chi connectivity index (χ4v) is 2.71. The van der Waals surface area contributed by atoms with Crippen molar-refractivity contribution < 1.29 is 14.5 Å². The van der Waals surface area contributed by atoms with Gasteiger partial charge in [0.1, 0.15) is 0 Å². The third kappa shape index (κ3) is 4.44. The molecule has 0 bridgehead atoms. The van der Waals surface area contributed by atoms with E-state index in [1.807, 2.05) is 30.3 Å². The first-order valence-electron chi connectivity index (χ1n) is 8.40. The number of rotatable bonds is 7. The van der Waals surface area contributed by atoms with E-state index in [1.165, 1.54) is 24.3 Å². The molecule has 134 valence electrons. The molecule has 2 aromatic rings. The number of carbonyl (C=O) groups excluding carboxylic acids is 2. The van der Waals surface area contributed by atoms with Gasteiger partial charge in [-0.15, -0.1) is 0 Å². The molecule has 26 heavy (non-hydrogen) atoms. The van der Waals surface area contributed by atoms with E-state index in [9.17, 15) is 19.7 Å². The number of nitro benzene ring substituents is 1. The van der Waals surface area contributed by atoms with Crippen molar-refractivity contribution in [2.75, 3.05) is 6.54 Å². The molecule has 2 aromatic carbocycles. The van der Waals surface area contributed by atoms with Gasteiger partial charge >= 0.3 is 0 Å². The second-order valence-corrected chi connectivity index (χ2v) is 6.23. The number of nitro groups is 1. The van der Waals surface area contributed by atoms with E-state index in [-0.39, 0.29) is 29.7 Å². The van der Waals surface area contributed by atoms with Gasteiger partial charge in [0, 0.05) is 30.3 Å². The first-order chi connectivity index (χ1) is 12.5. The van der Waals surface area contributed by atoms with Gasteiger partial charge < -0.3 is 10.2 Å². The Balaban J connectivity index is 1.60. The minimum Gasteiger partial charge on any atom is -0.343 e. The van der Waals surface area contributed by atoms with Crippen LogP contribution in [0.3, 0.4) is 0 Å². The number of hydrogen-bond acceptors (Lipinski definition) is 4. The Bertz CT molecular complexity index is 819. The van der Waals surface area contributed by atoms with Gasteiger partial charge in [-0.05, 0) is 24.5 Å². The molecule has 3 rings (SSSR count). The molecule has 1 fully saturated rings. The molecule has 0 spiro atoms. The summed E-state index contributed by atoms with van der Waals surface area (Å²) in [5, 5.41) is 13.4. The van der Waals surface area contributed by atoms with Crippen LogP contribution in [0.4, 0.5) is 5.69 Å². The van der Waals surface area contributed by atoms with Crippen LogP contribution in [0.15, 0.2) is 54.6 Å². The Morgan fingerprint density at radius 2 is 1.85 bits per heavy atom. The molecule has 0 aliphatic heterocycles. The van der Waals surface area contributed by atoms with Crippen LogP contribution in [-0.4, -0.2) is 34.2 Å². The zero-order valence-corrected chi connectivity index (χ0v) is 14.1. The fraction of sp³-hybridized carbons (Fsp3) is 0.263. The highest BCUT2D eigenvalue weighted by Crippen LogP contribution is 2.28. The maximum absolute atomic E-state index is 12.5. The molecule has 0 saturated heterocycles. The molecule has 7 heteroatoms. The van der Waals surface area contributed by atoms with Crippen LogP contribution in [0.5, 0.6) is 0 Å². The summed E-state index contributed by atoms with van der Waals surface area (Å²) in [6, 6.07) is 15.4. The van der Waals surface area contributed by atoms with E-state index in [4.69, 9.17) is 0 Å². The molecular weight excluding hydrogens is 334 g/mol. The minimum atomic E-state index is -0.559. The molecule has 7 nitrogen and oxygen atoms in total. The Morgan fingerprint density at radius 3 is 2.50 bits per heavy atom. The summed E-state index contributed by atoms with van der Waals surface area (Å²) in [5.41, 5.74) is 1.04. The smallest absolute Gasteiger partial charge is 0.270 e. The third-order valence-corrected chi connectivity index (χ3v) is 4.22. The van der Waals surface area contributed by atoms with Crippen LogP contribution in [0.25, 0.3) is 0 Å². The summed E-state index contributed by atoms with van der Waals surface area (Å²) in [4.78, 5) is 36.8. The van der Waals surface area contributed by atoms with Crippen LogP contribution < -0.4 is 5.32 Å². The van der Waals surface area contributed by atoms with Gasteiger partial charge in [0.2, 0.25) is 5.91 Å². The Labute approximate surface area is 150 Å². The summed E-state index contributed by atoms with van der Waals surface area (Å²) < 4.78 is 0. The van der Waals surface area contributed by atoms with Crippen molar-refractivity contribution >= 4 is 17.5 Å². The van der Waals surface area contributed by atoms with Gasteiger partial charge in [-0.25, -0.2) is 0 Å². The molecule has 0 aromatic heterocycles. The van der Waals surface area contributed by atoms with Gasteiger partial charge in [0.15, 0.2) is 0 Å². The molecular formula is C19H19N3O4. The largest absolute Gasteiger partial charge is 0.343 e. The van der Waals surface area contributed by atoms with Crippen molar-refractivity contribution in [3.05, 3.63) is 75.8 Å². The highest BCUT2D eigenvalue weighted by Gasteiger charge is 2.32. The van der Waals surface area contributed by atoms with E-state index < -0.39 is 10.8 Å². The van der Waals surface area contributed by atoms with Crippen molar-refractivity contribution in [3.8, 4) is 0 Å². The number of nitrogens with zero attached hydrogens (tertiary/aromatic N) is 2. The lowest BCUT2D eigenvalue weighted by atomic mass is 10.2. The molecule has 2 amide bonds. The SMILES string of the molecule is O=C(NCC(=O)N(Cc1ccccc1)C1CC1)c1cccc([N+](=O)[O-])c1. The van der Waals surface area contributed by atoms with Crippen LogP contribution >= 0.6 is 0 Å². The van der Waals surface area contributed by atoms with Gasteiger partial charge in [-0.1, -0.05) is 36.4 Å². The summed E-state index contributed by atoms with van der Waals surface area (Å²) in [6.07, 6.45) is 1.94. The quantitative estimate of drug-likeness (QED) is 0.611. The highest BCUT2D eigenvalue weighted by molar-refractivity contribution is 5.97. The second kappa shape index (κ2) is 7.77. The summed E-state index contributed by atoms with van der Waals surface area (Å²) >= 11 is 0. The number of benzene rings is 2. The van der Waals surface area contributed by atoms with Crippen molar-refractivity contribution in [2.45, 2.75) is 25.4 Å². The molecule has 0 unspecified atom stereocenters. The van der Waals surface area contributed by atoms with Gasteiger partial charge in [0.05, 0.1) is 11.5 Å². The number of hydrogen-bond donors (Lipinski definition) is 1. The molecule has 0 radical (unpaired) electrons. The molecule has 1 aliphatic carbocycles. The lowest BCUT2D eigenvalue weighted by Crippen LogP contribution is -2.41. The van der Waals surface area contributed by atoms with E-state index in [2.05, 4.69) is 5.32 Å². The van der Waals surface area contributed by atoms with E-state index >= 15 is 0 Å². The third-order valence-electron chi connectivity index (χ3n) is 4.22. The standard InChI is InChI=1S/C19H19N3O4/c23-18(21(16-9-10-16)13-14-5-2-1-3-6-14)12-20-19(24)15-7-4-8-17(11-15)22(25)26/h1-8,11,16H,9-10,12-13H2,(H,20,24). The van der Waals surface area contributed by atoms with Crippen molar-refractivity contribution in [3.63, 3.8) is 0 Å². The fourth-order valence-electron chi connectivity index (χ4n) is 2.71. The van der Waals surface area contributed by atoms with Gasteiger partial charge in [-0.2, -0.15) is 0 Å². The predicted molar refractivity (Wildman–Crippen MR) is 95.4 cm³/mol. The van der Waals surface area contributed by atoms with E-state index in [0.717, 1.165) is 18.4 Å². The first-order valence-corrected chi connectivity index (χ1v) is 8.40. The molecule has 0 atom stereocenters. The monoisotopic (exact) mass is 353 g/mol. The molecule has 1 aliphatic rings. The molecule has 1 N–H and O–H groups in total. The van der Waals surface area contributed by atoms with Gasteiger partial charge in [-0.3, -0.25) is 19.7 Å². The minimum absolute atomic E-state index is 0.134. The zero-order chi connectivity index (χ0) is 18.5. The maximum Gasteiger partial charge on any atom is 0.270 e. The molecule has 1 saturated carbocycles. The first kappa shape index (κ1) is 17.6. The van der Waals surface area contributed by atoms with E-state index in [1.54, 1.807) is 4.90 Å². The summed E-state index contributed by atoms with van der Waals surface area (Å²) in [6.45, 7) is 0.377. The Kier molecular flexibility index (Phi) is 5.26. The summed E-state index contributed by atoms with van der Waals surface area (Å²) in [7, 11) is 0. The van der Waals surface area contributed by atoms with Crippen LogP contribution in [0, 0.1) is 10.1 Å². The average molecular weight is 353 g/mol. The van der Waals surface area contributed by atoms with E-state index in [0.29, 0.717) is 6.54 Å². The van der Waals surface area contributed by atoms with Crippen molar-refractivity contribution in [1.82, 2.24) is 10.2 Å². The van der Waals surface area contributed by atoms with Crippen molar-refractivity contribution in [2.24, 2.45) is 0 Å². The average Bonchev–Trinajstić information content (AvgIpc) is 3.50. The molecule has 0 heterocycles. The normalized spacial score (nSPS) is 13.1. The number of nitrogens with one attached hydrogen (secondary N) is 1. The Morgan fingerprint density at radius 1 is 1.12 bits per heavy atom. The zero-order valence-electron chi connectivity index (χ0n) is 14.1. The highest BCUT2D eigenvalue weighted by atomic mass is 16.6. The topological polar surface area (TPSA) is 92.6 Å². The number of amides is 2. The second-order valence-electron chi connectivity index (χ2n) is 6.23. The predicted octanol–water partition coefficient (Wildman–Crippen LogP) is 2.52. The lowest BCUT2D eigenvalue weighted by molar-refractivity contribution is -0.384. The maximum atomic E-state index is 12.5. The number of carbonyl (C=O) groups is 2. The van der Waals surface area contributed by atoms with Crippen LogP contribution in [-0.2, 0) is 11.3 Å². The van der Waals surface area contributed by atoms with Gasteiger partial charge in [0.25, 0.3) is 11.6 Å². The van der Waals surface area contributed by atoms with Crippen LogP contribution in [0.2, 0.25) is 0 Å². The summed E-state index contributed by atoms with van der Waals surface area (Å²) in [5.74, 6) is -0.660. The number of non-ortho nitro benzene ring substituents is 1.